The van der Waals surface area contributed by atoms with Gasteiger partial charge in [0.25, 0.3) is 0 Å². The molecule has 4 nitrogen and oxygen atoms in total. The van der Waals surface area contributed by atoms with Crippen LogP contribution in [0.1, 0.15) is 31.2 Å². The van der Waals surface area contributed by atoms with Crippen LogP contribution >= 0.6 is 11.3 Å². The summed E-state index contributed by atoms with van der Waals surface area (Å²) in [4.78, 5) is 13.6. The van der Waals surface area contributed by atoms with Gasteiger partial charge in [-0.1, -0.05) is 6.92 Å². The van der Waals surface area contributed by atoms with Gasteiger partial charge in [0.2, 0.25) is 0 Å². The number of aromatic nitrogens is 2. The van der Waals surface area contributed by atoms with Gasteiger partial charge in [0, 0.05) is 29.3 Å². The molecule has 0 aliphatic carbocycles. The zero-order valence-electron chi connectivity index (χ0n) is 14.8. The second-order valence-electron chi connectivity index (χ2n) is 5.80. The molecule has 24 heavy (non-hydrogen) atoms. The van der Waals surface area contributed by atoms with Gasteiger partial charge >= 0.3 is 0 Å². The molecule has 3 aromatic rings. The SMILES string of the molecule is CCc1cc2c(Nc3ccc(N(CC)CC)cc3C)ncnc2s1. The standard InChI is InChI=1S/C19H24N4S/c1-5-15-11-16-18(20-12-21-19(16)24-15)22-17-9-8-14(10-13(17)4)23(6-2)7-3/h8-12H,5-7H2,1-4H3,(H,20,21,22). The Kier molecular flexibility index (Phi) is 5.00. The lowest BCUT2D eigenvalue weighted by Gasteiger charge is -2.22. The van der Waals surface area contributed by atoms with Crippen LogP contribution in [0, 0.1) is 6.92 Å². The fourth-order valence-electron chi connectivity index (χ4n) is 2.88. The second kappa shape index (κ2) is 7.18. The van der Waals surface area contributed by atoms with Crippen LogP contribution in [0.15, 0.2) is 30.6 Å². The highest BCUT2D eigenvalue weighted by Crippen LogP contribution is 2.31. The van der Waals surface area contributed by atoms with Gasteiger partial charge in [-0.05, 0) is 57.0 Å². The van der Waals surface area contributed by atoms with Crippen molar-refractivity contribution in [3.63, 3.8) is 0 Å². The molecule has 0 bridgehead atoms. The van der Waals surface area contributed by atoms with E-state index in [0.717, 1.165) is 41.2 Å². The zero-order valence-corrected chi connectivity index (χ0v) is 15.6. The molecular formula is C19H24N4S. The van der Waals surface area contributed by atoms with Crippen molar-refractivity contribution in [1.82, 2.24) is 9.97 Å². The maximum absolute atomic E-state index is 4.45. The molecule has 0 fully saturated rings. The Morgan fingerprint density at radius 1 is 1.08 bits per heavy atom. The van der Waals surface area contributed by atoms with Crippen LogP contribution in [-0.2, 0) is 6.42 Å². The second-order valence-corrected chi connectivity index (χ2v) is 6.92. The predicted molar refractivity (Wildman–Crippen MR) is 105 cm³/mol. The Morgan fingerprint density at radius 3 is 2.54 bits per heavy atom. The third-order valence-corrected chi connectivity index (χ3v) is 5.51. The average molecular weight is 340 g/mol. The van der Waals surface area contributed by atoms with Gasteiger partial charge in [-0.15, -0.1) is 11.3 Å². The van der Waals surface area contributed by atoms with E-state index in [4.69, 9.17) is 0 Å². The van der Waals surface area contributed by atoms with Crippen molar-refractivity contribution in [2.24, 2.45) is 0 Å². The molecular weight excluding hydrogens is 316 g/mol. The molecule has 0 spiro atoms. The lowest BCUT2D eigenvalue weighted by molar-refractivity contribution is 0.866. The number of fused-ring (bicyclic) bond motifs is 1. The van der Waals surface area contributed by atoms with Gasteiger partial charge in [-0.3, -0.25) is 0 Å². The highest BCUT2D eigenvalue weighted by atomic mass is 32.1. The summed E-state index contributed by atoms with van der Waals surface area (Å²) in [6.07, 6.45) is 2.66. The van der Waals surface area contributed by atoms with Gasteiger partial charge in [0.05, 0.1) is 5.39 Å². The molecule has 2 aromatic heterocycles. The Morgan fingerprint density at radius 2 is 1.88 bits per heavy atom. The number of rotatable bonds is 6. The molecule has 0 saturated heterocycles. The number of hydrogen-bond acceptors (Lipinski definition) is 5. The minimum atomic E-state index is 0.884. The lowest BCUT2D eigenvalue weighted by Crippen LogP contribution is -2.21. The van der Waals surface area contributed by atoms with E-state index in [1.807, 2.05) is 0 Å². The topological polar surface area (TPSA) is 41.0 Å². The number of nitrogens with one attached hydrogen (secondary N) is 1. The van der Waals surface area contributed by atoms with Gasteiger partial charge in [0.15, 0.2) is 0 Å². The first-order valence-electron chi connectivity index (χ1n) is 8.52. The van der Waals surface area contributed by atoms with Crippen molar-refractivity contribution >= 4 is 38.7 Å². The quantitative estimate of drug-likeness (QED) is 0.673. The Hall–Kier alpha value is -2.14. The van der Waals surface area contributed by atoms with Crippen molar-refractivity contribution in [1.29, 1.82) is 0 Å². The van der Waals surface area contributed by atoms with Gasteiger partial charge in [0.1, 0.15) is 17.0 Å². The summed E-state index contributed by atoms with van der Waals surface area (Å²) < 4.78 is 0. The molecule has 0 radical (unpaired) electrons. The molecule has 0 unspecified atom stereocenters. The summed E-state index contributed by atoms with van der Waals surface area (Å²) in [6, 6.07) is 8.75. The van der Waals surface area contributed by atoms with Gasteiger partial charge in [-0.25, -0.2) is 9.97 Å². The van der Waals surface area contributed by atoms with E-state index in [0.29, 0.717) is 0 Å². The van der Waals surface area contributed by atoms with Crippen molar-refractivity contribution in [3.05, 3.63) is 41.0 Å². The molecule has 5 heteroatoms. The number of anilines is 3. The number of thiophene rings is 1. The molecule has 1 N–H and O–H groups in total. The molecule has 126 valence electrons. The molecule has 0 aliphatic heterocycles. The molecule has 0 aliphatic rings. The number of benzene rings is 1. The van der Waals surface area contributed by atoms with E-state index < -0.39 is 0 Å². The van der Waals surface area contributed by atoms with Crippen molar-refractivity contribution < 1.29 is 0 Å². The van der Waals surface area contributed by atoms with Crippen LogP contribution < -0.4 is 10.2 Å². The Balaban J connectivity index is 1.92. The highest BCUT2D eigenvalue weighted by molar-refractivity contribution is 7.18. The molecule has 0 amide bonds. The van der Waals surface area contributed by atoms with E-state index in [9.17, 15) is 0 Å². The summed E-state index contributed by atoms with van der Waals surface area (Å²) in [6.45, 7) is 10.7. The predicted octanol–water partition coefficient (Wildman–Crippen LogP) is 5.15. The molecule has 2 heterocycles. The summed E-state index contributed by atoms with van der Waals surface area (Å²) in [5.74, 6) is 0.884. The fraction of sp³-hybridized carbons (Fsp3) is 0.368. The summed E-state index contributed by atoms with van der Waals surface area (Å²) >= 11 is 1.74. The zero-order chi connectivity index (χ0) is 17.1. The van der Waals surface area contributed by atoms with E-state index in [-0.39, 0.29) is 0 Å². The first-order valence-corrected chi connectivity index (χ1v) is 9.33. The fourth-order valence-corrected chi connectivity index (χ4v) is 3.82. The first-order chi connectivity index (χ1) is 11.7. The summed E-state index contributed by atoms with van der Waals surface area (Å²) in [5.41, 5.74) is 3.58. The highest BCUT2D eigenvalue weighted by Gasteiger charge is 2.10. The van der Waals surface area contributed by atoms with Crippen molar-refractivity contribution in [2.75, 3.05) is 23.3 Å². The summed E-state index contributed by atoms with van der Waals surface area (Å²) in [7, 11) is 0. The van der Waals surface area contributed by atoms with Crippen molar-refractivity contribution in [3.8, 4) is 0 Å². The molecule has 0 atom stereocenters. The number of nitrogens with zero attached hydrogens (tertiary/aromatic N) is 3. The minimum Gasteiger partial charge on any atom is -0.372 e. The van der Waals surface area contributed by atoms with Gasteiger partial charge in [-0.2, -0.15) is 0 Å². The number of hydrogen-bond donors (Lipinski definition) is 1. The molecule has 3 rings (SSSR count). The molecule has 0 saturated carbocycles. The van der Waals surface area contributed by atoms with Crippen LogP contribution in [0.5, 0.6) is 0 Å². The van der Waals surface area contributed by atoms with Crippen molar-refractivity contribution in [2.45, 2.75) is 34.1 Å². The first kappa shape index (κ1) is 16.7. The Labute approximate surface area is 147 Å². The minimum absolute atomic E-state index is 0.884. The third-order valence-electron chi connectivity index (χ3n) is 4.32. The third kappa shape index (κ3) is 3.22. The maximum atomic E-state index is 4.45. The van der Waals surface area contributed by atoms with Crippen LogP contribution in [0.25, 0.3) is 10.2 Å². The maximum Gasteiger partial charge on any atom is 0.142 e. The average Bonchev–Trinajstić information content (AvgIpc) is 3.02. The van der Waals surface area contributed by atoms with E-state index in [2.05, 4.69) is 72.1 Å². The number of aryl methyl sites for hydroxylation is 2. The lowest BCUT2D eigenvalue weighted by atomic mass is 10.1. The monoisotopic (exact) mass is 340 g/mol. The largest absolute Gasteiger partial charge is 0.372 e. The molecule has 1 aromatic carbocycles. The normalized spacial score (nSPS) is 11.0. The summed E-state index contributed by atoms with van der Waals surface area (Å²) in [5, 5.41) is 4.60. The van der Waals surface area contributed by atoms with Crippen LogP contribution in [0.3, 0.4) is 0 Å². The van der Waals surface area contributed by atoms with Gasteiger partial charge < -0.3 is 10.2 Å². The van der Waals surface area contributed by atoms with Crippen LogP contribution in [0.2, 0.25) is 0 Å². The van der Waals surface area contributed by atoms with Crippen LogP contribution in [-0.4, -0.2) is 23.1 Å². The van der Waals surface area contributed by atoms with E-state index in [1.54, 1.807) is 17.7 Å². The smallest absolute Gasteiger partial charge is 0.142 e. The van der Waals surface area contributed by atoms with E-state index >= 15 is 0 Å². The van der Waals surface area contributed by atoms with Crippen LogP contribution in [0.4, 0.5) is 17.2 Å². The Bertz CT molecular complexity index is 836. The van der Waals surface area contributed by atoms with E-state index in [1.165, 1.54) is 16.1 Å².